The fourth-order valence-electron chi connectivity index (χ4n) is 1.75. The van der Waals surface area contributed by atoms with Gasteiger partial charge in [-0.2, -0.15) is 0 Å². The Balaban J connectivity index is 2.99. The van der Waals surface area contributed by atoms with Crippen LogP contribution in [-0.4, -0.2) is 24.3 Å². The zero-order valence-electron chi connectivity index (χ0n) is 9.62. The van der Waals surface area contributed by atoms with Crippen LogP contribution in [0.3, 0.4) is 0 Å². The zero-order valence-corrected chi connectivity index (χ0v) is 11.1. The van der Waals surface area contributed by atoms with Gasteiger partial charge in [0.15, 0.2) is 6.29 Å². The van der Waals surface area contributed by atoms with E-state index in [0.29, 0.717) is 11.3 Å². The molecule has 1 heterocycles. The predicted molar refractivity (Wildman–Crippen MR) is 71.3 cm³/mol. The van der Waals surface area contributed by atoms with Gasteiger partial charge >= 0.3 is 5.97 Å². The van der Waals surface area contributed by atoms with E-state index >= 15 is 0 Å². The first-order chi connectivity index (χ1) is 8.99. The van der Waals surface area contributed by atoms with Gasteiger partial charge in [0.25, 0.3) is 0 Å². The number of aldehydes is 1. The minimum Gasteiger partial charge on any atom is -0.465 e. The van der Waals surface area contributed by atoms with E-state index in [1.807, 2.05) is 0 Å². The van der Waals surface area contributed by atoms with Gasteiger partial charge in [-0.1, -0.05) is 23.2 Å². The summed E-state index contributed by atoms with van der Waals surface area (Å²) in [5.74, 6) is -0.906. The molecule has 5 nitrogen and oxygen atoms in total. The Kier molecular flexibility index (Phi) is 3.59. The van der Waals surface area contributed by atoms with Crippen LogP contribution < -0.4 is 5.43 Å². The van der Waals surface area contributed by atoms with Crippen molar-refractivity contribution in [3.05, 3.63) is 43.7 Å². The van der Waals surface area contributed by atoms with Crippen molar-refractivity contribution in [1.29, 1.82) is 0 Å². The fourth-order valence-corrected chi connectivity index (χ4v) is 2.33. The van der Waals surface area contributed by atoms with Crippen LogP contribution in [0.25, 0.3) is 10.9 Å². The molecular weight excluding hydrogens is 293 g/mol. The van der Waals surface area contributed by atoms with E-state index in [9.17, 15) is 14.4 Å². The van der Waals surface area contributed by atoms with E-state index in [-0.39, 0.29) is 27.2 Å². The quantitative estimate of drug-likeness (QED) is 0.682. The summed E-state index contributed by atoms with van der Waals surface area (Å²) >= 11 is 11.8. The van der Waals surface area contributed by atoms with Gasteiger partial charge in [0.1, 0.15) is 5.56 Å². The minimum absolute atomic E-state index is 0.0806. The molecule has 19 heavy (non-hydrogen) atoms. The molecule has 0 saturated carbocycles. The van der Waals surface area contributed by atoms with E-state index in [1.165, 1.54) is 12.1 Å². The highest BCUT2D eigenvalue weighted by Crippen LogP contribution is 2.25. The van der Waals surface area contributed by atoms with Crippen molar-refractivity contribution in [2.45, 2.75) is 0 Å². The van der Waals surface area contributed by atoms with Gasteiger partial charge in [-0.05, 0) is 12.1 Å². The molecule has 7 heteroatoms. The summed E-state index contributed by atoms with van der Waals surface area (Å²) in [6, 6.07) is 2.82. The number of carbonyl (C=O) groups excluding carboxylic acids is 2. The summed E-state index contributed by atoms with van der Waals surface area (Å²) in [6.07, 6.45) is 0.363. The third-order valence-corrected chi connectivity index (χ3v) is 3.07. The summed E-state index contributed by atoms with van der Waals surface area (Å²) < 4.78 is 4.49. The molecule has 0 aliphatic heterocycles. The molecule has 0 fully saturated rings. The number of aromatic amines is 1. The summed E-state index contributed by atoms with van der Waals surface area (Å²) in [5.41, 5.74) is -0.960. The number of esters is 1. The lowest BCUT2D eigenvalue weighted by atomic mass is 10.1. The largest absolute Gasteiger partial charge is 0.465 e. The highest BCUT2D eigenvalue weighted by molar-refractivity contribution is 6.38. The van der Waals surface area contributed by atoms with E-state index < -0.39 is 11.4 Å². The molecule has 2 rings (SSSR count). The monoisotopic (exact) mass is 299 g/mol. The standard InChI is InChI=1S/C12H7Cl2NO4/c1-19-12(18)10-8(4-16)15-7-3-5(13)2-6(14)9(7)11(10)17/h2-4H,1H3,(H,15,17). The summed E-state index contributed by atoms with van der Waals surface area (Å²) in [4.78, 5) is 37.4. The average molecular weight is 300 g/mol. The van der Waals surface area contributed by atoms with Gasteiger partial charge in [-0.25, -0.2) is 4.79 Å². The van der Waals surface area contributed by atoms with Gasteiger partial charge in [0.05, 0.1) is 28.7 Å². The molecule has 0 amide bonds. The highest BCUT2D eigenvalue weighted by Gasteiger charge is 2.20. The number of aromatic nitrogens is 1. The number of ether oxygens (including phenoxy) is 1. The smallest absolute Gasteiger partial charge is 0.344 e. The summed E-state index contributed by atoms with van der Waals surface area (Å²) in [6.45, 7) is 0. The number of hydrogen-bond donors (Lipinski definition) is 1. The van der Waals surface area contributed by atoms with Crippen LogP contribution >= 0.6 is 23.2 Å². The Labute approximate surface area is 117 Å². The third kappa shape index (κ3) is 2.22. The second-order valence-corrected chi connectivity index (χ2v) is 4.51. The van der Waals surface area contributed by atoms with Gasteiger partial charge in [-0.3, -0.25) is 9.59 Å². The van der Waals surface area contributed by atoms with Crippen LogP contribution in [0, 0.1) is 0 Å². The average Bonchev–Trinajstić information content (AvgIpc) is 2.36. The van der Waals surface area contributed by atoms with Gasteiger partial charge < -0.3 is 9.72 Å². The van der Waals surface area contributed by atoms with Gasteiger partial charge in [-0.15, -0.1) is 0 Å². The number of rotatable bonds is 2. The molecular formula is C12H7Cl2NO4. The van der Waals surface area contributed by atoms with Crippen molar-refractivity contribution in [3.63, 3.8) is 0 Å². The van der Waals surface area contributed by atoms with E-state index in [2.05, 4.69) is 9.72 Å². The zero-order chi connectivity index (χ0) is 14.2. The number of carbonyl (C=O) groups is 2. The SMILES string of the molecule is COC(=O)c1c(C=O)[nH]c2cc(Cl)cc(Cl)c2c1=O. The summed E-state index contributed by atoms with van der Waals surface area (Å²) in [7, 11) is 1.12. The first-order valence-electron chi connectivity index (χ1n) is 5.08. The Hall–Kier alpha value is -1.85. The van der Waals surface area contributed by atoms with Crippen LogP contribution in [0.5, 0.6) is 0 Å². The van der Waals surface area contributed by atoms with Crippen LogP contribution in [0.1, 0.15) is 20.8 Å². The maximum absolute atomic E-state index is 12.2. The molecule has 98 valence electrons. The number of halogens is 2. The molecule has 0 spiro atoms. The molecule has 0 aliphatic carbocycles. The van der Waals surface area contributed by atoms with Crippen LogP contribution in [0.2, 0.25) is 10.0 Å². The Morgan fingerprint density at radius 3 is 2.63 bits per heavy atom. The van der Waals surface area contributed by atoms with Crippen molar-refractivity contribution in [3.8, 4) is 0 Å². The molecule has 0 bridgehead atoms. The number of pyridine rings is 1. The molecule has 2 aromatic rings. The highest BCUT2D eigenvalue weighted by atomic mass is 35.5. The minimum atomic E-state index is -0.906. The maximum atomic E-state index is 12.2. The number of nitrogens with one attached hydrogen (secondary N) is 1. The lowest BCUT2D eigenvalue weighted by molar-refractivity contribution is 0.0596. The van der Waals surface area contributed by atoms with Gasteiger partial charge in [0.2, 0.25) is 5.43 Å². The molecule has 1 aromatic heterocycles. The number of hydrogen-bond acceptors (Lipinski definition) is 4. The van der Waals surface area contributed by atoms with Gasteiger partial charge in [0, 0.05) is 5.02 Å². The molecule has 0 radical (unpaired) electrons. The molecule has 1 aromatic carbocycles. The first kappa shape index (κ1) is 13.6. The van der Waals surface area contributed by atoms with Crippen LogP contribution in [-0.2, 0) is 4.74 Å². The second kappa shape index (κ2) is 5.03. The van der Waals surface area contributed by atoms with Crippen molar-refractivity contribution in [1.82, 2.24) is 4.98 Å². The third-order valence-electron chi connectivity index (χ3n) is 2.56. The number of methoxy groups -OCH3 is 1. The first-order valence-corrected chi connectivity index (χ1v) is 5.83. The van der Waals surface area contributed by atoms with E-state index in [1.54, 1.807) is 0 Å². The Bertz CT molecular complexity index is 751. The molecule has 0 saturated heterocycles. The Morgan fingerprint density at radius 2 is 2.05 bits per heavy atom. The molecule has 0 unspecified atom stereocenters. The fraction of sp³-hybridized carbons (Fsp3) is 0.0833. The number of fused-ring (bicyclic) bond motifs is 1. The maximum Gasteiger partial charge on any atom is 0.344 e. The predicted octanol–water partition coefficient (Wildman–Crippen LogP) is 2.43. The van der Waals surface area contributed by atoms with Crippen molar-refractivity contribution >= 4 is 46.4 Å². The van der Waals surface area contributed by atoms with E-state index in [4.69, 9.17) is 23.2 Å². The second-order valence-electron chi connectivity index (χ2n) is 3.66. The molecule has 0 aliphatic rings. The Morgan fingerprint density at radius 1 is 1.37 bits per heavy atom. The summed E-state index contributed by atoms with van der Waals surface area (Å²) in [5, 5.41) is 0.472. The van der Waals surface area contributed by atoms with Crippen molar-refractivity contribution < 1.29 is 14.3 Å². The van der Waals surface area contributed by atoms with Crippen LogP contribution in [0.4, 0.5) is 0 Å². The van der Waals surface area contributed by atoms with E-state index in [0.717, 1.165) is 7.11 Å². The lowest BCUT2D eigenvalue weighted by Gasteiger charge is -2.07. The topological polar surface area (TPSA) is 76.2 Å². The van der Waals surface area contributed by atoms with Crippen molar-refractivity contribution in [2.75, 3.05) is 7.11 Å². The van der Waals surface area contributed by atoms with Crippen molar-refractivity contribution in [2.24, 2.45) is 0 Å². The molecule has 0 atom stereocenters. The number of H-pyrrole nitrogens is 1. The normalized spacial score (nSPS) is 10.5. The lowest BCUT2D eigenvalue weighted by Crippen LogP contribution is -2.21. The number of benzene rings is 1. The molecule has 1 N–H and O–H groups in total. The van der Waals surface area contributed by atoms with Crippen LogP contribution in [0.15, 0.2) is 16.9 Å².